The molecule has 4 heteroatoms. The summed E-state index contributed by atoms with van der Waals surface area (Å²) < 4.78 is 9.92. The number of rotatable bonds is 3. The number of carbonyl (C=O) groups is 2. The normalized spacial score (nSPS) is 22.7. The number of ether oxygens (including phenoxy) is 2. The van der Waals surface area contributed by atoms with E-state index in [4.69, 9.17) is 9.47 Å². The number of esters is 2. The Morgan fingerprint density at radius 2 is 1.88 bits per heavy atom. The van der Waals surface area contributed by atoms with E-state index in [9.17, 15) is 9.59 Å². The van der Waals surface area contributed by atoms with Crippen molar-refractivity contribution in [2.45, 2.75) is 32.1 Å². The third-order valence-corrected chi connectivity index (χ3v) is 5.37. The van der Waals surface area contributed by atoms with Gasteiger partial charge >= 0.3 is 11.9 Å². The lowest BCUT2D eigenvalue weighted by molar-refractivity contribution is -0.155. The fraction of sp³-hybridized carbons (Fsp3) is 0.400. The first-order valence-electron chi connectivity index (χ1n) is 8.17. The second-order valence-electron chi connectivity index (χ2n) is 6.60. The van der Waals surface area contributed by atoms with E-state index >= 15 is 0 Å². The molecular formula is C20H22O4. The predicted molar refractivity (Wildman–Crippen MR) is 91.8 cm³/mol. The molecule has 0 amide bonds. The monoisotopic (exact) mass is 326 g/mol. The maximum absolute atomic E-state index is 12.5. The topological polar surface area (TPSA) is 52.6 Å². The Balaban J connectivity index is 2.16. The van der Waals surface area contributed by atoms with E-state index < -0.39 is 5.41 Å². The fourth-order valence-electron chi connectivity index (χ4n) is 3.92. The zero-order valence-electron chi connectivity index (χ0n) is 14.3. The lowest BCUT2D eigenvalue weighted by Gasteiger charge is -2.40. The number of carbonyl (C=O) groups excluding carboxylic acids is 2. The number of fused-ring (bicyclic) bond motifs is 3. The standard InChI is InChI=1S/C20H22O4/c1-20(19(22)24-3)11-10-15-14-7-5-4-6-13(14)8-9-16(15)17(20)12-18(21)23-2/h4-9,17H,10-12H2,1-3H3. The van der Waals surface area contributed by atoms with Crippen molar-refractivity contribution in [3.63, 3.8) is 0 Å². The van der Waals surface area contributed by atoms with Crippen molar-refractivity contribution in [2.24, 2.45) is 5.41 Å². The van der Waals surface area contributed by atoms with Crippen molar-refractivity contribution in [1.29, 1.82) is 0 Å². The van der Waals surface area contributed by atoms with Crippen LogP contribution < -0.4 is 0 Å². The minimum absolute atomic E-state index is 0.174. The zero-order chi connectivity index (χ0) is 17.3. The lowest BCUT2D eigenvalue weighted by Crippen LogP contribution is -2.40. The molecule has 0 spiro atoms. The van der Waals surface area contributed by atoms with Gasteiger partial charge in [0, 0.05) is 5.92 Å². The van der Waals surface area contributed by atoms with Gasteiger partial charge in [0.25, 0.3) is 0 Å². The number of hydrogen-bond acceptors (Lipinski definition) is 4. The number of benzene rings is 2. The number of aryl methyl sites for hydroxylation is 1. The van der Waals surface area contributed by atoms with Crippen LogP contribution in [0.1, 0.15) is 36.8 Å². The first-order chi connectivity index (χ1) is 11.5. The molecule has 1 aliphatic carbocycles. The first kappa shape index (κ1) is 16.5. The van der Waals surface area contributed by atoms with Gasteiger partial charge in [-0.2, -0.15) is 0 Å². The van der Waals surface area contributed by atoms with Crippen molar-refractivity contribution >= 4 is 22.7 Å². The van der Waals surface area contributed by atoms with Crippen LogP contribution in [0.4, 0.5) is 0 Å². The molecule has 0 fully saturated rings. The van der Waals surface area contributed by atoms with Gasteiger partial charge in [0.1, 0.15) is 0 Å². The number of methoxy groups -OCH3 is 2. The van der Waals surface area contributed by atoms with Gasteiger partial charge in [-0.25, -0.2) is 0 Å². The van der Waals surface area contributed by atoms with Gasteiger partial charge in [-0.3, -0.25) is 9.59 Å². The molecule has 0 saturated carbocycles. The highest BCUT2D eigenvalue weighted by Crippen LogP contribution is 2.49. The van der Waals surface area contributed by atoms with Gasteiger partial charge in [-0.1, -0.05) is 36.4 Å². The van der Waals surface area contributed by atoms with Crippen LogP contribution in [-0.2, 0) is 25.5 Å². The van der Waals surface area contributed by atoms with E-state index in [1.165, 1.54) is 30.6 Å². The van der Waals surface area contributed by atoms with Gasteiger partial charge < -0.3 is 9.47 Å². The second kappa shape index (κ2) is 6.27. The summed E-state index contributed by atoms with van der Waals surface area (Å²) in [6, 6.07) is 12.3. The molecule has 3 rings (SSSR count). The van der Waals surface area contributed by atoms with Crippen molar-refractivity contribution in [3.8, 4) is 0 Å². The van der Waals surface area contributed by atoms with Crippen LogP contribution in [-0.4, -0.2) is 26.2 Å². The van der Waals surface area contributed by atoms with Crippen molar-refractivity contribution in [2.75, 3.05) is 14.2 Å². The molecule has 0 aliphatic heterocycles. The lowest BCUT2D eigenvalue weighted by atomic mass is 9.63. The van der Waals surface area contributed by atoms with E-state index in [0.29, 0.717) is 6.42 Å². The molecule has 126 valence electrons. The average molecular weight is 326 g/mol. The highest BCUT2D eigenvalue weighted by atomic mass is 16.5. The van der Waals surface area contributed by atoms with Crippen LogP contribution in [0.25, 0.3) is 10.8 Å². The van der Waals surface area contributed by atoms with Gasteiger partial charge in [-0.05, 0) is 41.7 Å². The first-order valence-corrected chi connectivity index (χ1v) is 8.17. The SMILES string of the molecule is COC(=O)CC1c2ccc3ccccc3c2CCC1(C)C(=O)OC. The molecule has 0 heterocycles. The highest BCUT2D eigenvalue weighted by Gasteiger charge is 2.47. The minimum Gasteiger partial charge on any atom is -0.469 e. The van der Waals surface area contributed by atoms with Crippen molar-refractivity contribution < 1.29 is 19.1 Å². The Hall–Kier alpha value is -2.36. The summed E-state index contributed by atoms with van der Waals surface area (Å²) >= 11 is 0. The quantitative estimate of drug-likeness (QED) is 0.809. The molecule has 2 aromatic carbocycles. The van der Waals surface area contributed by atoms with Gasteiger partial charge in [0.05, 0.1) is 26.1 Å². The summed E-state index contributed by atoms with van der Waals surface area (Å²) in [7, 11) is 2.78. The maximum atomic E-state index is 12.5. The summed E-state index contributed by atoms with van der Waals surface area (Å²) in [5.41, 5.74) is 1.56. The van der Waals surface area contributed by atoms with Crippen LogP contribution in [0.2, 0.25) is 0 Å². The van der Waals surface area contributed by atoms with Crippen LogP contribution in [0.3, 0.4) is 0 Å². The molecule has 24 heavy (non-hydrogen) atoms. The van der Waals surface area contributed by atoms with E-state index in [2.05, 4.69) is 18.2 Å². The van der Waals surface area contributed by atoms with Crippen molar-refractivity contribution in [3.05, 3.63) is 47.5 Å². The Bertz CT molecular complexity index is 795. The van der Waals surface area contributed by atoms with E-state index in [0.717, 1.165) is 12.0 Å². The molecule has 1 aliphatic rings. The maximum Gasteiger partial charge on any atom is 0.312 e. The summed E-state index contributed by atoms with van der Waals surface area (Å²) in [6.07, 6.45) is 1.62. The Morgan fingerprint density at radius 3 is 2.58 bits per heavy atom. The Morgan fingerprint density at radius 1 is 1.12 bits per heavy atom. The Kier molecular flexibility index (Phi) is 4.31. The molecule has 0 bridgehead atoms. The zero-order valence-corrected chi connectivity index (χ0v) is 14.3. The number of hydrogen-bond donors (Lipinski definition) is 0. The molecule has 2 unspecified atom stereocenters. The van der Waals surface area contributed by atoms with Gasteiger partial charge in [-0.15, -0.1) is 0 Å². The third-order valence-electron chi connectivity index (χ3n) is 5.37. The van der Waals surface area contributed by atoms with E-state index in [1.54, 1.807) is 0 Å². The van der Waals surface area contributed by atoms with Crippen molar-refractivity contribution in [1.82, 2.24) is 0 Å². The fourth-order valence-corrected chi connectivity index (χ4v) is 3.92. The van der Waals surface area contributed by atoms with Crippen LogP contribution in [0, 0.1) is 5.41 Å². The predicted octanol–water partition coefficient (Wildman–Crippen LogP) is 3.61. The van der Waals surface area contributed by atoms with Crippen LogP contribution in [0.15, 0.2) is 36.4 Å². The molecule has 0 saturated heterocycles. The van der Waals surface area contributed by atoms with E-state index in [1.807, 2.05) is 25.1 Å². The summed E-state index contributed by atoms with van der Waals surface area (Å²) in [4.78, 5) is 24.4. The van der Waals surface area contributed by atoms with Gasteiger partial charge in [0.15, 0.2) is 0 Å². The largest absolute Gasteiger partial charge is 0.469 e. The molecular weight excluding hydrogens is 304 g/mol. The average Bonchev–Trinajstić information content (AvgIpc) is 2.62. The molecule has 0 radical (unpaired) electrons. The smallest absolute Gasteiger partial charge is 0.312 e. The van der Waals surface area contributed by atoms with Crippen LogP contribution in [0.5, 0.6) is 0 Å². The van der Waals surface area contributed by atoms with Crippen LogP contribution >= 0.6 is 0 Å². The Labute approximate surface area is 141 Å². The summed E-state index contributed by atoms with van der Waals surface area (Å²) in [5, 5.41) is 2.37. The highest BCUT2D eigenvalue weighted by molar-refractivity contribution is 5.89. The second-order valence-corrected chi connectivity index (χ2v) is 6.60. The molecule has 0 aromatic heterocycles. The summed E-state index contributed by atoms with van der Waals surface area (Å²) in [5.74, 6) is -0.822. The van der Waals surface area contributed by atoms with Gasteiger partial charge in [0.2, 0.25) is 0 Å². The minimum atomic E-state index is -0.724. The summed E-state index contributed by atoms with van der Waals surface area (Å²) in [6.45, 7) is 1.89. The molecule has 4 nitrogen and oxygen atoms in total. The molecule has 2 aromatic rings. The third kappa shape index (κ3) is 2.56. The molecule has 0 N–H and O–H groups in total. The molecule has 2 atom stereocenters. The van der Waals surface area contributed by atoms with E-state index in [-0.39, 0.29) is 24.3 Å².